The lowest BCUT2D eigenvalue weighted by molar-refractivity contribution is 0.0497. The number of carbonyl (C=O) groups excluding carboxylic acids is 2. The van der Waals surface area contributed by atoms with E-state index < -0.39 is 11.7 Å². The average molecular weight is 751 g/mol. The number of amides is 2. The van der Waals surface area contributed by atoms with Gasteiger partial charge in [-0.2, -0.15) is 0 Å². The van der Waals surface area contributed by atoms with Crippen molar-refractivity contribution >= 4 is 57.6 Å². The zero-order valence-corrected chi connectivity index (χ0v) is 31.5. The minimum absolute atomic E-state index is 0.0255. The Hall–Kier alpha value is -5.32. The lowest BCUT2D eigenvalue weighted by Crippen LogP contribution is -2.46. The number of fused-ring (bicyclic) bond motifs is 1. The lowest BCUT2D eigenvalue weighted by Gasteiger charge is -2.34. The molecular formula is C41H41Cl2N7O3. The van der Waals surface area contributed by atoms with Crippen LogP contribution in [0.25, 0.3) is 33.4 Å². The largest absolute Gasteiger partial charge is 0.444 e. The van der Waals surface area contributed by atoms with Gasteiger partial charge in [0.25, 0.3) is 5.91 Å². The van der Waals surface area contributed by atoms with Crippen molar-refractivity contribution in [1.82, 2.24) is 24.8 Å². The zero-order chi connectivity index (χ0) is 37.3. The van der Waals surface area contributed by atoms with Crippen molar-refractivity contribution in [2.75, 3.05) is 23.3 Å². The summed E-state index contributed by atoms with van der Waals surface area (Å²) in [5.74, 6) is 0.317. The van der Waals surface area contributed by atoms with Crippen LogP contribution < -0.4 is 15.5 Å². The third kappa shape index (κ3) is 7.89. The zero-order valence-electron chi connectivity index (χ0n) is 30.0. The number of benzene rings is 3. The van der Waals surface area contributed by atoms with E-state index in [4.69, 9.17) is 32.9 Å². The number of anilines is 2. The molecule has 1 fully saturated rings. The Kier molecular flexibility index (Phi) is 10.2. The number of carbonyl (C=O) groups is 2. The molecule has 0 spiro atoms. The van der Waals surface area contributed by atoms with Crippen molar-refractivity contribution in [2.24, 2.45) is 0 Å². The predicted molar refractivity (Wildman–Crippen MR) is 212 cm³/mol. The molecule has 0 unspecified atom stereocenters. The molecule has 3 aromatic carbocycles. The number of H-pyrrole nitrogens is 1. The van der Waals surface area contributed by atoms with E-state index in [0.717, 1.165) is 33.4 Å². The Balaban J connectivity index is 1.25. The van der Waals surface area contributed by atoms with Gasteiger partial charge in [0.1, 0.15) is 11.3 Å². The fourth-order valence-electron chi connectivity index (χ4n) is 6.84. The van der Waals surface area contributed by atoms with Crippen LogP contribution in [0, 0.1) is 0 Å². The molecule has 6 aromatic rings. The van der Waals surface area contributed by atoms with Gasteiger partial charge in [0, 0.05) is 57.4 Å². The summed E-state index contributed by atoms with van der Waals surface area (Å²) in [6.07, 6.45) is 4.53. The molecule has 0 bridgehead atoms. The molecule has 12 heteroatoms. The SMILES string of the molecule is C[C@@H](c1ccc(Cl)cc1)n1cnc(-c2ccccc2)c1-c1c(C(=O)Nc2cccnc2N2CCC(NC(=O)OC(C)(C)C)CC2)[nH]c2cc(Cl)ccc12. The summed E-state index contributed by atoms with van der Waals surface area (Å²) >= 11 is 12.8. The van der Waals surface area contributed by atoms with Crippen molar-refractivity contribution in [3.8, 4) is 22.5 Å². The van der Waals surface area contributed by atoms with E-state index in [1.54, 1.807) is 12.3 Å². The summed E-state index contributed by atoms with van der Waals surface area (Å²) in [5.41, 5.74) is 5.25. The predicted octanol–water partition coefficient (Wildman–Crippen LogP) is 9.76. The van der Waals surface area contributed by atoms with Gasteiger partial charge in [-0.1, -0.05) is 71.7 Å². The Bertz CT molecular complexity index is 2250. The Morgan fingerprint density at radius 2 is 1.64 bits per heavy atom. The molecule has 1 atom stereocenters. The number of pyridine rings is 1. The number of hydrogen-bond donors (Lipinski definition) is 3. The first kappa shape index (κ1) is 36.1. The molecule has 1 aliphatic heterocycles. The Labute approximate surface area is 318 Å². The molecule has 1 aliphatic rings. The van der Waals surface area contributed by atoms with Crippen LogP contribution in [-0.2, 0) is 4.74 Å². The van der Waals surface area contributed by atoms with Crippen LogP contribution in [0.5, 0.6) is 0 Å². The summed E-state index contributed by atoms with van der Waals surface area (Å²) in [5, 5.41) is 8.19. The highest BCUT2D eigenvalue weighted by molar-refractivity contribution is 6.31. The number of aromatic nitrogens is 4. The van der Waals surface area contributed by atoms with E-state index in [1.165, 1.54) is 0 Å². The van der Waals surface area contributed by atoms with Crippen molar-refractivity contribution in [3.05, 3.63) is 119 Å². The van der Waals surface area contributed by atoms with Crippen LogP contribution in [0.2, 0.25) is 10.0 Å². The first-order valence-corrected chi connectivity index (χ1v) is 18.4. The molecule has 7 rings (SSSR count). The van der Waals surface area contributed by atoms with E-state index in [-0.39, 0.29) is 18.0 Å². The van der Waals surface area contributed by atoms with Crippen LogP contribution in [0.4, 0.5) is 16.3 Å². The van der Waals surface area contributed by atoms with Crippen LogP contribution >= 0.6 is 23.2 Å². The normalized spacial score (nSPS) is 14.3. The highest BCUT2D eigenvalue weighted by Gasteiger charge is 2.30. The van der Waals surface area contributed by atoms with Crippen LogP contribution in [0.3, 0.4) is 0 Å². The van der Waals surface area contributed by atoms with E-state index in [1.807, 2.05) is 106 Å². The summed E-state index contributed by atoms with van der Waals surface area (Å²) < 4.78 is 7.56. The maximum absolute atomic E-state index is 14.6. The van der Waals surface area contributed by atoms with Crippen molar-refractivity contribution < 1.29 is 14.3 Å². The Morgan fingerprint density at radius 1 is 0.925 bits per heavy atom. The van der Waals surface area contributed by atoms with Gasteiger partial charge in [-0.05, 0) is 82.5 Å². The number of aromatic amines is 1. The molecule has 3 aromatic heterocycles. The van der Waals surface area contributed by atoms with Crippen LogP contribution in [0.15, 0.2) is 97.5 Å². The number of rotatable bonds is 8. The van der Waals surface area contributed by atoms with Gasteiger partial charge < -0.3 is 29.8 Å². The highest BCUT2D eigenvalue weighted by Crippen LogP contribution is 2.42. The Morgan fingerprint density at radius 3 is 2.36 bits per heavy atom. The van der Waals surface area contributed by atoms with Gasteiger partial charge in [-0.3, -0.25) is 4.79 Å². The maximum Gasteiger partial charge on any atom is 0.407 e. The maximum atomic E-state index is 14.6. The van der Waals surface area contributed by atoms with Gasteiger partial charge in [0.05, 0.1) is 29.4 Å². The van der Waals surface area contributed by atoms with Gasteiger partial charge in [-0.15, -0.1) is 0 Å². The summed E-state index contributed by atoms with van der Waals surface area (Å²) in [6.45, 7) is 8.91. The van der Waals surface area contributed by atoms with E-state index in [0.29, 0.717) is 58.7 Å². The van der Waals surface area contributed by atoms with Crippen molar-refractivity contribution in [3.63, 3.8) is 0 Å². The smallest absolute Gasteiger partial charge is 0.407 e. The number of ether oxygens (including phenoxy) is 1. The third-order valence-corrected chi connectivity index (χ3v) is 9.87. The quantitative estimate of drug-likeness (QED) is 0.143. The second-order valence-corrected chi connectivity index (χ2v) is 15.1. The molecule has 10 nitrogen and oxygen atoms in total. The van der Waals surface area contributed by atoms with Gasteiger partial charge in [0.15, 0.2) is 5.82 Å². The van der Waals surface area contributed by atoms with Crippen LogP contribution in [0.1, 0.15) is 62.6 Å². The first-order chi connectivity index (χ1) is 25.4. The molecule has 4 heterocycles. The highest BCUT2D eigenvalue weighted by atomic mass is 35.5. The van der Waals surface area contributed by atoms with Crippen molar-refractivity contribution in [1.29, 1.82) is 0 Å². The van der Waals surface area contributed by atoms with Crippen molar-refractivity contribution in [2.45, 2.75) is 58.2 Å². The standard InChI is InChI=1S/C41H41Cl2N7O3/c1-25(26-12-14-28(42)15-13-26)50-24-45-35(27-9-6-5-7-10-27)37(50)34-31-17-16-29(43)23-33(31)47-36(34)39(51)48-32-11-8-20-44-38(32)49-21-18-30(19-22-49)46-40(52)53-41(2,3)4/h5-17,20,23-25,30,47H,18-19,21-22H2,1-4H3,(H,46,52)(H,48,51)/t25-/m0/s1. The van der Waals surface area contributed by atoms with Gasteiger partial charge in [-0.25, -0.2) is 14.8 Å². The molecule has 0 saturated carbocycles. The fraction of sp³-hybridized carbons (Fsp3) is 0.268. The van der Waals surface area contributed by atoms with E-state index in [9.17, 15) is 9.59 Å². The topological polar surface area (TPSA) is 117 Å². The van der Waals surface area contributed by atoms with Gasteiger partial charge >= 0.3 is 6.09 Å². The number of nitrogens with zero attached hydrogens (tertiary/aromatic N) is 4. The second kappa shape index (κ2) is 15.0. The number of imidazole rings is 1. The monoisotopic (exact) mass is 749 g/mol. The minimum Gasteiger partial charge on any atom is -0.444 e. The number of hydrogen-bond acceptors (Lipinski definition) is 6. The molecule has 3 N–H and O–H groups in total. The molecule has 53 heavy (non-hydrogen) atoms. The first-order valence-electron chi connectivity index (χ1n) is 17.7. The minimum atomic E-state index is -0.569. The molecule has 1 saturated heterocycles. The molecule has 272 valence electrons. The van der Waals surface area contributed by atoms with Gasteiger partial charge in [0.2, 0.25) is 0 Å². The number of halogens is 2. The number of alkyl carbamates (subject to hydrolysis) is 1. The number of piperidine rings is 1. The average Bonchev–Trinajstić information content (AvgIpc) is 3.73. The molecule has 0 radical (unpaired) electrons. The molecular weight excluding hydrogens is 709 g/mol. The molecule has 2 amide bonds. The molecule has 0 aliphatic carbocycles. The van der Waals surface area contributed by atoms with E-state index in [2.05, 4.69) is 37.0 Å². The summed E-state index contributed by atoms with van der Waals surface area (Å²) in [4.78, 5) is 42.2. The summed E-state index contributed by atoms with van der Waals surface area (Å²) in [7, 11) is 0. The third-order valence-electron chi connectivity index (χ3n) is 9.39. The summed E-state index contributed by atoms with van der Waals surface area (Å²) in [6, 6.07) is 26.8. The van der Waals surface area contributed by atoms with E-state index >= 15 is 0 Å². The fourth-order valence-corrected chi connectivity index (χ4v) is 7.14. The second-order valence-electron chi connectivity index (χ2n) is 14.2. The number of nitrogens with one attached hydrogen (secondary N) is 3. The lowest BCUT2D eigenvalue weighted by atomic mass is 9.99. The van der Waals surface area contributed by atoms with Crippen LogP contribution in [-0.4, -0.2) is 56.3 Å².